The standard InChI is InChI=1S/C19H26O5/c1-5-6-16(20)18-17(23-19(2,3)24-18)11-12-22-13-14-7-9-15(21-4)10-8-14/h5-10,17-18H,11-13H2,1-4H3/b6-5+/t17-,18+/m0/s1. The molecule has 24 heavy (non-hydrogen) atoms. The molecule has 2 rings (SSSR count). The van der Waals surface area contributed by atoms with E-state index in [0.717, 1.165) is 11.3 Å². The number of carbonyl (C=O) groups excluding carboxylic acids is 1. The van der Waals surface area contributed by atoms with Crippen LogP contribution in [0.1, 0.15) is 32.8 Å². The molecule has 0 spiro atoms. The Hall–Kier alpha value is -1.69. The van der Waals surface area contributed by atoms with Gasteiger partial charge in [-0.15, -0.1) is 0 Å². The molecule has 0 N–H and O–H groups in total. The Morgan fingerprint density at radius 3 is 2.58 bits per heavy atom. The molecule has 1 saturated heterocycles. The normalized spacial score (nSPS) is 22.8. The summed E-state index contributed by atoms with van der Waals surface area (Å²) in [6, 6.07) is 7.74. The van der Waals surface area contributed by atoms with Crippen molar-refractivity contribution in [3.63, 3.8) is 0 Å². The maximum atomic E-state index is 12.1. The van der Waals surface area contributed by atoms with Crippen LogP contribution in [0.2, 0.25) is 0 Å². The van der Waals surface area contributed by atoms with E-state index >= 15 is 0 Å². The molecule has 1 aliphatic heterocycles. The van der Waals surface area contributed by atoms with Gasteiger partial charge in [-0.25, -0.2) is 0 Å². The first kappa shape index (κ1) is 18.6. The van der Waals surface area contributed by atoms with Crippen molar-refractivity contribution in [2.24, 2.45) is 0 Å². The predicted octanol–water partition coefficient (Wildman–Crippen LogP) is 3.27. The van der Waals surface area contributed by atoms with Gasteiger partial charge in [-0.2, -0.15) is 0 Å². The van der Waals surface area contributed by atoms with E-state index in [1.165, 1.54) is 6.08 Å². The zero-order chi connectivity index (χ0) is 17.6. The topological polar surface area (TPSA) is 54.0 Å². The minimum Gasteiger partial charge on any atom is -0.497 e. The number of benzene rings is 1. The molecule has 5 heteroatoms. The van der Waals surface area contributed by atoms with Crippen LogP contribution in [0, 0.1) is 0 Å². The van der Waals surface area contributed by atoms with E-state index in [1.807, 2.05) is 45.0 Å². The number of methoxy groups -OCH3 is 1. The van der Waals surface area contributed by atoms with Gasteiger partial charge in [-0.1, -0.05) is 18.2 Å². The number of rotatable bonds is 8. The third-order valence-electron chi connectivity index (χ3n) is 3.77. The van der Waals surface area contributed by atoms with E-state index in [-0.39, 0.29) is 11.9 Å². The summed E-state index contributed by atoms with van der Waals surface area (Å²) >= 11 is 0. The summed E-state index contributed by atoms with van der Waals surface area (Å²) in [5, 5.41) is 0. The van der Waals surface area contributed by atoms with Crippen LogP contribution < -0.4 is 4.74 Å². The van der Waals surface area contributed by atoms with Crippen molar-refractivity contribution in [1.82, 2.24) is 0 Å². The van der Waals surface area contributed by atoms with E-state index in [4.69, 9.17) is 18.9 Å². The molecule has 2 atom stereocenters. The van der Waals surface area contributed by atoms with Crippen molar-refractivity contribution in [3.05, 3.63) is 42.0 Å². The van der Waals surface area contributed by atoms with Crippen LogP contribution in [0.3, 0.4) is 0 Å². The quantitative estimate of drug-likeness (QED) is 0.539. The highest BCUT2D eigenvalue weighted by atomic mass is 16.8. The third-order valence-corrected chi connectivity index (χ3v) is 3.77. The van der Waals surface area contributed by atoms with Gasteiger partial charge >= 0.3 is 0 Å². The average molecular weight is 334 g/mol. The fourth-order valence-electron chi connectivity index (χ4n) is 2.66. The van der Waals surface area contributed by atoms with Crippen LogP contribution in [0.25, 0.3) is 0 Å². The third kappa shape index (κ3) is 5.16. The zero-order valence-electron chi connectivity index (χ0n) is 14.8. The highest BCUT2D eigenvalue weighted by Gasteiger charge is 2.43. The fraction of sp³-hybridized carbons (Fsp3) is 0.526. The number of ketones is 1. The molecular formula is C19H26O5. The van der Waals surface area contributed by atoms with Crippen LogP contribution in [0.4, 0.5) is 0 Å². The second-order valence-electron chi connectivity index (χ2n) is 6.19. The van der Waals surface area contributed by atoms with Gasteiger partial charge in [0.1, 0.15) is 11.9 Å². The van der Waals surface area contributed by atoms with Crippen molar-refractivity contribution in [3.8, 4) is 5.75 Å². The molecule has 0 aliphatic carbocycles. The molecule has 1 aliphatic rings. The lowest BCUT2D eigenvalue weighted by Gasteiger charge is -2.16. The van der Waals surface area contributed by atoms with Gasteiger partial charge in [0.25, 0.3) is 0 Å². The zero-order valence-corrected chi connectivity index (χ0v) is 14.8. The largest absolute Gasteiger partial charge is 0.497 e. The Balaban J connectivity index is 1.81. The lowest BCUT2D eigenvalue weighted by Crippen LogP contribution is -2.31. The Morgan fingerprint density at radius 1 is 1.25 bits per heavy atom. The number of hydrogen-bond donors (Lipinski definition) is 0. The molecule has 0 bridgehead atoms. The van der Waals surface area contributed by atoms with Crippen molar-refractivity contribution < 1.29 is 23.7 Å². The summed E-state index contributed by atoms with van der Waals surface area (Å²) in [5.41, 5.74) is 1.07. The SMILES string of the molecule is C/C=C/C(=O)[C@H]1OC(C)(C)O[C@H]1CCOCc1ccc(OC)cc1. The number of hydrogen-bond acceptors (Lipinski definition) is 5. The second-order valence-corrected chi connectivity index (χ2v) is 6.19. The van der Waals surface area contributed by atoms with Crippen LogP contribution >= 0.6 is 0 Å². The molecule has 0 saturated carbocycles. The maximum absolute atomic E-state index is 12.1. The first-order valence-corrected chi connectivity index (χ1v) is 8.18. The summed E-state index contributed by atoms with van der Waals surface area (Å²) in [7, 11) is 1.64. The molecule has 132 valence electrons. The summed E-state index contributed by atoms with van der Waals surface area (Å²) in [4.78, 5) is 12.1. The molecule has 0 radical (unpaired) electrons. The first-order valence-electron chi connectivity index (χ1n) is 8.18. The van der Waals surface area contributed by atoms with Crippen molar-refractivity contribution in [1.29, 1.82) is 0 Å². The molecule has 1 heterocycles. The van der Waals surface area contributed by atoms with Crippen molar-refractivity contribution in [2.45, 2.75) is 51.8 Å². The Morgan fingerprint density at radius 2 is 1.96 bits per heavy atom. The number of allylic oxidation sites excluding steroid dienone is 1. The smallest absolute Gasteiger partial charge is 0.186 e. The van der Waals surface area contributed by atoms with E-state index in [0.29, 0.717) is 19.6 Å². The van der Waals surface area contributed by atoms with Gasteiger partial charge in [0, 0.05) is 13.0 Å². The summed E-state index contributed by atoms with van der Waals surface area (Å²) in [6.45, 7) is 6.46. The molecule has 0 aromatic heterocycles. The van der Waals surface area contributed by atoms with Gasteiger partial charge in [-0.05, 0) is 44.5 Å². The first-order chi connectivity index (χ1) is 11.4. The molecular weight excluding hydrogens is 308 g/mol. The molecule has 1 fully saturated rings. The monoisotopic (exact) mass is 334 g/mol. The van der Waals surface area contributed by atoms with E-state index in [9.17, 15) is 4.79 Å². The molecule has 5 nitrogen and oxygen atoms in total. The Labute approximate surface area is 143 Å². The highest BCUT2D eigenvalue weighted by Crippen LogP contribution is 2.30. The van der Waals surface area contributed by atoms with Gasteiger partial charge in [-0.3, -0.25) is 4.79 Å². The summed E-state index contributed by atoms with van der Waals surface area (Å²) in [5.74, 6) is 0.00814. The van der Waals surface area contributed by atoms with E-state index < -0.39 is 11.9 Å². The summed E-state index contributed by atoms with van der Waals surface area (Å²) < 4.78 is 22.4. The molecule has 0 amide bonds. The minimum absolute atomic E-state index is 0.0665. The van der Waals surface area contributed by atoms with Crippen molar-refractivity contribution >= 4 is 5.78 Å². The number of carbonyl (C=O) groups is 1. The molecule has 1 aromatic rings. The number of ether oxygens (including phenoxy) is 4. The maximum Gasteiger partial charge on any atom is 0.186 e. The highest BCUT2D eigenvalue weighted by molar-refractivity contribution is 5.94. The molecule has 0 unspecified atom stereocenters. The van der Waals surface area contributed by atoms with E-state index in [1.54, 1.807) is 13.2 Å². The average Bonchev–Trinajstić information content (AvgIpc) is 2.87. The second kappa shape index (κ2) is 8.42. The van der Waals surface area contributed by atoms with Crippen molar-refractivity contribution in [2.75, 3.05) is 13.7 Å². The van der Waals surface area contributed by atoms with Crippen LogP contribution in [-0.4, -0.2) is 37.5 Å². The van der Waals surface area contributed by atoms with Gasteiger partial charge in [0.15, 0.2) is 11.6 Å². The minimum atomic E-state index is -0.747. The van der Waals surface area contributed by atoms with Gasteiger partial charge in [0.05, 0.1) is 19.8 Å². The Kier molecular flexibility index (Phi) is 6.54. The van der Waals surface area contributed by atoms with Crippen LogP contribution in [0.15, 0.2) is 36.4 Å². The van der Waals surface area contributed by atoms with E-state index in [2.05, 4.69) is 0 Å². The fourth-order valence-corrected chi connectivity index (χ4v) is 2.66. The Bertz CT molecular complexity index is 562. The predicted molar refractivity (Wildman–Crippen MR) is 90.9 cm³/mol. The van der Waals surface area contributed by atoms with Gasteiger partial charge in [0.2, 0.25) is 0 Å². The lowest BCUT2D eigenvalue weighted by atomic mass is 10.1. The molecule has 1 aromatic carbocycles. The van der Waals surface area contributed by atoms with Crippen LogP contribution in [-0.2, 0) is 25.6 Å². The lowest BCUT2D eigenvalue weighted by molar-refractivity contribution is -0.153. The van der Waals surface area contributed by atoms with Gasteiger partial charge < -0.3 is 18.9 Å². The summed E-state index contributed by atoms with van der Waals surface area (Å²) in [6.07, 6.45) is 2.99. The van der Waals surface area contributed by atoms with Crippen LogP contribution in [0.5, 0.6) is 5.75 Å².